The maximum absolute atomic E-state index is 13.3. The lowest BCUT2D eigenvalue weighted by atomic mass is 10.1. The summed E-state index contributed by atoms with van der Waals surface area (Å²) < 4.78 is 25.0. The van der Waals surface area contributed by atoms with E-state index in [1.54, 1.807) is 32.9 Å². The minimum absolute atomic E-state index is 0.0418. The van der Waals surface area contributed by atoms with Crippen molar-refractivity contribution in [1.82, 2.24) is 15.2 Å². The quantitative estimate of drug-likeness (QED) is 0.292. The van der Waals surface area contributed by atoms with Gasteiger partial charge in [-0.15, -0.1) is 0 Å². The summed E-state index contributed by atoms with van der Waals surface area (Å²) in [6.45, 7) is 5.12. The number of anilines is 1. The lowest BCUT2D eigenvalue weighted by molar-refractivity contribution is -0.117. The normalized spacial score (nSPS) is 11.7. The Morgan fingerprint density at radius 2 is 1.66 bits per heavy atom. The standard InChI is InChI=1S/C26H26N4O4S/c1-17(2)35(33,34)23-12-10-22(11-13-23)30(25(32)15-24(31)26-27-18(3)28-29-26)16-19-8-9-20-6-4-5-7-21(20)14-19/h4-14,17H,15-16H2,1-3H3,(H,27,28,29). The van der Waals surface area contributed by atoms with Crippen LogP contribution in [0.25, 0.3) is 10.8 Å². The molecule has 8 nitrogen and oxygen atoms in total. The summed E-state index contributed by atoms with van der Waals surface area (Å²) in [6.07, 6.45) is -0.420. The van der Waals surface area contributed by atoms with Crippen molar-refractivity contribution in [3.8, 4) is 0 Å². The molecule has 0 atom stereocenters. The van der Waals surface area contributed by atoms with Crippen molar-refractivity contribution in [2.45, 2.75) is 43.9 Å². The van der Waals surface area contributed by atoms with E-state index in [0.717, 1.165) is 16.3 Å². The van der Waals surface area contributed by atoms with Gasteiger partial charge in [0.25, 0.3) is 0 Å². The summed E-state index contributed by atoms with van der Waals surface area (Å²) >= 11 is 0. The van der Waals surface area contributed by atoms with Crippen LogP contribution in [0.1, 0.15) is 42.3 Å². The van der Waals surface area contributed by atoms with Gasteiger partial charge in [-0.05, 0) is 67.4 Å². The zero-order valence-electron chi connectivity index (χ0n) is 19.7. The predicted octanol–water partition coefficient (Wildman–Crippen LogP) is 4.25. The fraction of sp³-hybridized carbons (Fsp3) is 0.231. The molecule has 180 valence electrons. The number of sulfone groups is 1. The van der Waals surface area contributed by atoms with E-state index in [0.29, 0.717) is 11.5 Å². The molecule has 0 spiro atoms. The Balaban J connectivity index is 1.66. The van der Waals surface area contributed by atoms with E-state index in [-0.39, 0.29) is 17.3 Å². The number of aryl methyl sites for hydroxylation is 1. The smallest absolute Gasteiger partial charge is 0.235 e. The lowest BCUT2D eigenvalue weighted by Crippen LogP contribution is -2.32. The molecule has 0 bridgehead atoms. The number of nitrogens with zero attached hydrogens (tertiary/aromatic N) is 3. The van der Waals surface area contributed by atoms with E-state index in [1.165, 1.54) is 17.0 Å². The van der Waals surface area contributed by atoms with E-state index in [1.807, 2.05) is 42.5 Å². The number of benzene rings is 3. The Labute approximate surface area is 203 Å². The van der Waals surface area contributed by atoms with Gasteiger partial charge < -0.3 is 4.90 Å². The highest BCUT2D eigenvalue weighted by molar-refractivity contribution is 7.92. The van der Waals surface area contributed by atoms with E-state index in [4.69, 9.17) is 0 Å². The van der Waals surface area contributed by atoms with Crippen LogP contribution in [-0.2, 0) is 21.2 Å². The van der Waals surface area contributed by atoms with Crippen LogP contribution < -0.4 is 4.90 Å². The van der Waals surface area contributed by atoms with Gasteiger partial charge >= 0.3 is 0 Å². The molecule has 1 N–H and O–H groups in total. The molecule has 0 aliphatic heterocycles. The number of carbonyl (C=O) groups is 2. The first-order valence-electron chi connectivity index (χ1n) is 11.2. The molecule has 0 aliphatic carbocycles. The molecule has 3 aromatic carbocycles. The summed E-state index contributed by atoms with van der Waals surface area (Å²) in [5.74, 6) is -0.498. The number of aromatic amines is 1. The third kappa shape index (κ3) is 5.30. The first-order valence-corrected chi connectivity index (χ1v) is 12.7. The fourth-order valence-electron chi connectivity index (χ4n) is 3.71. The molecule has 0 radical (unpaired) electrons. The number of Topliss-reactive ketones (excluding diaryl/α,β-unsaturated/α-hetero) is 1. The van der Waals surface area contributed by atoms with Crippen LogP contribution in [0.5, 0.6) is 0 Å². The second-order valence-corrected chi connectivity index (χ2v) is 11.1. The summed E-state index contributed by atoms with van der Waals surface area (Å²) in [4.78, 5) is 31.6. The monoisotopic (exact) mass is 490 g/mol. The van der Waals surface area contributed by atoms with Gasteiger partial charge in [0.05, 0.1) is 23.1 Å². The molecule has 1 amide bonds. The number of hydrogen-bond acceptors (Lipinski definition) is 6. The molecule has 1 heterocycles. The van der Waals surface area contributed by atoms with E-state index in [9.17, 15) is 18.0 Å². The van der Waals surface area contributed by atoms with E-state index >= 15 is 0 Å². The summed E-state index contributed by atoms with van der Waals surface area (Å²) in [5, 5.41) is 8.00. The second kappa shape index (κ2) is 9.79. The van der Waals surface area contributed by atoms with Crippen molar-refractivity contribution in [2.75, 3.05) is 4.90 Å². The molecule has 0 saturated heterocycles. The van der Waals surface area contributed by atoms with Crippen molar-refractivity contribution in [3.63, 3.8) is 0 Å². The molecular formula is C26H26N4O4S. The first kappa shape index (κ1) is 24.3. The Morgan fingerprint density at radius 1 is 0.971 bits per heavy atom. The molecule has 9 heteroatoms. The van der Waals surface area contributed by atoms with Crippen molar-refractivity contribution in [1.29, 1.82) is 0 Å². The number of aromatic nitrogens is 3. The number of ketones is 1. The van der Waals surface area contributed by atoms with Gasteiger partial charge in [0, 0.05) is 5.69 Å². The van der Waals surface area contributed by atoms with Gasteiger partial charge in [-0.3, -0.25) is 14.7 Å². The van der Waals surface area contributed by atoms with Gasteiger partial charge in [-0.25, -0.2) is 13.4 Å². The highest BCUT2D eigenvalue weighted by Gasteiger charge is 2.24. The molecule has 1 aromatic heterocycles. The molecular weight excluding hydrogens is 464 g/mol. The minimum Gasteiger partial charge on any atom is -0.308 e. The molecule has 0 fully saturated rings. The third-order valence-electron chi connectivity index (χ3n) is 5.71. The van der Waals surface area contributed by atoms with Gasteiger partial charge in [0.1, 0.15) is 5.82 Å². The van der Waals surface area contributed by atoms with Gasteiger partial charge in [-0.1, -0.05) is 36.4 Å². The molecule has 4 rings (SSSR count). The number of nitrogens with one attached hydrogen (secondary N) is 1. The predicted molar refractivity (Wildman–Crippen MR) is 134 cm³/mol. The third-order valence-corrected chi connectivity index (χ3v) is 7.88. The molecule has 0 aliphatic rings. The number of H-pyrrole nitrogens is 1. The highest BCUT2D eigenvalue weighted by atomic mass is 32.2. The highest BCUT2D eigenvalue weighted by Crippen LogP contribution is 2.25. The Kier molecular flexibility index (Phi) is 6.79. The SMILES string of the molecule is Cc1nc(C(=O)CC(=O)N(Cc2ccc3ccccc3c2)c2ccc(S(=O)(=O)C(C)C)cc2)n[nH]1. The second-order valence-electron chi connectivity index (χ2n) is 8.59. The zero-order chi connectivity index (χ0) is 25.2. The van der Waals surface area contributed by atoms with Crippen molar-refractivity contribution < 1.29 is 18.0 Å². The number of carbonyl (C=O) groups excluding carboxylic acids is 2. The van der Waals surface area contributed by atoms with Gasteiger partial charge in [0.2, 0.25) is 17.5 Å². The van der Waals surface area contributed by atoms with Crippen LogP contribution in [0, 0.1) is 6.92 Å². The lowest BCUT2D eigenvalue weighted by Gasteiger charge is -2.23. The van der Waals surface area contributed by atoms with Gasteiger partial charge in [-0.2, -0.15) is 5.10 Å². The Bertz CT molecular complexity index is 1490. The summed E-state index contributed by atoms with van der Waals surface area (Å²) in [7, 11) is -3.45. The topological polar surface area (TPSA) is 113 Å². The average Bonchev–Trinajstić information content (AvgIpc) is 3.28. The maximum atomic E-state index is 13.3. The number of amides is 1. The number of hydrogen-bond donors (Lipinski definition) is 1. The van der Waals surface area contributed by atoms with Crippen LogP contribution in [0.15, 0.2) is 71.6 Å². The van der Waals surface area contributed by atoms with E-state index < -0.39 is 33.2 Å². The summed E-state index contributed by atoms with van der Waals surface area (Å²) in [6, 6.07) is 20.0. The van der Waals surface area contributed by atoms with Crippen LogP contribution >= 0.6 is 0 Å². The van der Waals surface area contributed by atoms with Crippen molar-refractivity contribution in [2.24, 2.45) is 0 Å². The Morgan fingerprint density at radius 3 is 2.29 bits per heavy atom. The van der Waals surface area contributed by atoms with Crippen LogP contribution in [0.2, 0.25) is 0 Å². The molecule has 0 unspecified atom stereocenters. The first-order chi connectivity index (χ1) is 16.6. The number of rotatable bonds is 8. The average molecular weight is 491 g/mol. The van der Waals surface area contributed by atoms with Gasteiger partial charge in [0.15, 0.2) is 9.84 Å². The molecule has 0 saturated carbocycles. The van der Waals surface area contributed by atoms with Crippen LogP contribution in [0.4, 0.5) is 5.69 Å². The minimum atomic E-state index is -3.45. The summed E-state index contributed by atoms with van der Waals surface area (Å²) in [5.41, 5.74) is 1.36. The van der Waals surface area contributed by atoms with Crippen molar-refractivity contribution >= 4 is 38.0 Å². The molecule has 4 aromatic rings. The van der Waals surface area contributed by atoms with Crippen molar-refractivity contribution in [3.05, 3.63) is 83.9 Å². The maximum Gasteiger partial charge on any atom is 0.235 e. The van der Waals surface area contributed by atoms with E-state index in [2.05, 4.69) is 15.2 Å². The Hall–Kier alpha value is -3.85. The van der Waals surface area contributed by atoms with Crippen LogP contribution in [-0.4, -0.2) is 40.5 Å². The molecule has 35 heavy (non-hydrogen) atoms. The fourth-order valence-corrected chi connectivity index (χ4v) is 4.77. The number of fused-ring (bicyclic) bond motifs is 1. The largest absolute Gasteiger partial charge is 0.308 e. The van der Waals surface area contributed by atoms with Crippen LogP contribution in [0.3, 0.4) is 0 Å². The zero-order valence-corrected chi connectivity index (χ0v) is 20.5.